The second-order valence-corrected chi connectivity index (χ2v) is 6.57. The number of hydrogen-bond donors (Lipinski definition) is 1. The number of carbonyl (C=O) groups is 1. The Hall–Kier alpha value is -1.60. The van der Waals surface area contributed by atoms with Crippen molar-refractivity contribution in [3.8, 4) is 5.75 Å². The summed E-state index contributed by atoms with van der Waals surface area (Å²) >= 11 is 2.18. The van der Waals surface area contributed by atoms with Crippen LogP contribution in [0.4, 0.5) is 0 Å². The molecule has 1 amide bonds. The number of methoxy groups -OCH3 is 1. The molecule has 0 radical (unpaired) electrons. The molecule has 1 N–H and O–H groups in total. The number of para-hydroxylation sites is 1. The Bertz CT molecular complexity index is 674. The fourth-order valence-electron chi connectivity index (χ4n) is 2.44. The van der Waals surface area contributed by atoms with E-state index in [0.29, 0.717) is 12.1 Å². The van der Waals surface area contributed by atoms with Crippen LogP contribution >= 0.6 is 22.6 Å². The summed E-state index contributed by atoms with van der Waals surface area (Å²) in [6.07, 6.45) is 0. The lowest BCUT2D eigenvalue weighted by Gasteiger charge is -2.26. The van der Waals surface area contributed by atoms with E-state index in [0.717, 1.165) is 14.9 Å². The molecule has 2 rings (SSSR count). The molecule has 0 saturated carbocycles. The lowest BCUT2D eigenvalue weighted by atomic mass is 10.0. The Labute approximate surface area is 151 Å². The number of halogens is 1. The summed E-state index contributed by atoms with van der Waals surface area (Å²) in [4.78, 5) is 14.5. The zero-order valence-electron chi connectivity index (χ0n) is 13.5. The van der Waals surface area contributed by atoms with Crippen LogP contribution in [0, 0.1) is 3.57 Å². The summed E-state index contributed by atoms with van der Waals surface area (Å²) in [5.74, 6) is 0.770. The molecule has 2 aromatic rings. The van der Waals surface area contributed by atoms with E-state index in [4.69, 9.17) is 4.74 Å². The highest BCUT2D eigenvalue weighted by Gasteiger charge is 2.19. The third kappa shape index (κ3) is 4.45. The van der Waals surface area contributed by atoms with E-state index in [1.807, 2.05) is 62.6 Å². The average molecular weight is 424 g/mol. The van der Waals surface area contributed by atoms with Gasteiger partial charge in [-0.3, -0.25) is 4.79 Å². The van der Waals surface area contributed by atoms with Crippen molar-refractivity contribution in [3.05, 3.63) is 63.2 Å². The van der Waals surface area contributed by atoms with Gasteiger partial charge in [0.25, 0.3) is 5.91 Å². The van der Waals surface area contributed by atoms with Crippen LogP contribution in [0.5, 0.6) is 5.75 Å². The van der Waals surface area contributed by atoms with E-state index in [1.165, 1.54) is 0 Å². The maximum atomic E-state index is 12.4. The molecule has 0 spiro atoms. The van der Waals surface area contributed by atoms with Gasteiger partial charge in [0.2, 0.25) is 0 Å². The molecule has 5 heteroatoms. The normalized spacial score (nSPS) is 12.0. The number of benzene rings is 2. The molecular formula is C18H21IN2O2. The van der Waals surface area contributed by atoms with Crippen LogP contribution in [-0.2, 0) is 0 Å². The Morgan fingerprint density at radius 2 is 1.83 bits per heavy atom. The first-order valence-electron chi connectivity index (χ1n) is 7.36. The smallest absolute Gasteiger partial charge is 0.252 e. The topological polar surface area (TPSA) is 41.6 Å². The molecule has 0 aliphatic rings. The quantitative estimate of drug-likeness (QED) is 0.724. The highest BCUT2D eigenvalue weighted by Crippen LogP contribution is 2.27. The van der Waals surface area contributed by atoms with E-state index in [9.17, 15) is 4.79 Å². The summed E-state index contributed by atoms with van der Waals surface area (Å²) in [6, 6.07) is 15.5. The first-order chi connectivity index (χ1) is 11.0. The van der Waals surface area contributed by atoms with Crippen molar-refractivity contribution in [3.63, 3.8) is 0 Å². The van der Waals surface area contributed by atoms with Gasteiger partial charge in [0.15, 0.2) is 0 Å². The number of nitrogens with zero attached hydrogens (tertiary/aromatic N) is 1. The number of likely N-dealkylation sites (N-methyl/N-ethyl adjacent to an activating group) is 1. The molecule has 0 aliphatic heterocycles. The van der Waals surface area contributed by atoms with Gasteiger partial charge in [0.05, 0.1) is 18.7 Å². The molecule has 0 bridgehead atoms. The minimum absolute atomic E-state index is 0.0384. The van der Waals surface area contributed by atoms with Crippen LogP contribution in [0.2, 0.25) is 0 Å². The van der Waals surface area contributed by atoms with Gasteiger partial charge in [0.1, 0.15) is 5.75 Å². The summed E-state index contributed by atoms with van der Waals surface area (Å²) in [5, 5.41) is 3.03. The van der Waals surface area contributed by atoms with E-state index in [-0.39, 0.29) is 11.9 Å². The third-order valence-electron chi connectivity index (χ3n) is 3.70. The summed E-state index contributed by atoms with van der Waals surface area (Å²) in [7, 11) is 5.65. The van der Waals surface area contributed by atoms with E-state index in [2.05, 4.69) is 32.8 Å². The standard InChI is InChI=1S/C18H21IN2O2/c1-21(2)16(14-9-5-7-11-17(14)23-3)12-20-18(22)13-8-4-6-10-15(13)19/h4-11,16H,12H2,1-3H3,(H,20,22). The summed E-state index contributed by atoms with van der Waals surface area (Å²) in [6.45, 7) is 0.511. The number of amides is 1. The molecule has 1 atom stereocenters. The molecule has 122 valence electrons. The second kappa shape index (κ2) is 8.31. The molecule has 23 heavy (non-hydrogen) atoms. The Morgan fingerprint density at radius 3 is 2.48 bits per heavy atom. The lowest BCUT2D eigenvalue weighted by Crippen LogP contribution is -2.35. The third-order valence-corrected chi connectivity index (χ3v) is 4.64. The highest BCUT2D eigenvalue weighted by molar-refractivity contribution is 14.1. The number of ether oxygens (including phenoxy) is 1. The second-order valence-electron chi connectivity index (χ2n) is 5.41. The highest BCUT2D eigenvalue weighted by atomic mass is 127. The SMILES string of the molecule is COc1ccccc1C(CNC(=O)c1ccccc1I)N(C)C. The first-order valence-corrected chi connectivity index (χ1v) is 8.44. The van der Waals surface area contributed by atoms with Gasteiger partial charge in [0, 0.05) is 15.7 Å². The van der Waals surface area contributed by atoms with Crippen molar-refractivity contribution in [1.82, 2.24) is 10.2 Å². The number of carbonyl (C=O) groups excluding carboxylic acids is 1. The van der Waals surface area contributed by atoms with Crippen molar-refractivity contribution < 1.29 is 9.53 Å². The van der Waals surface area contributed by atoms with Gasteiger partial charge < -0.3 is 15.0 Å². The molecule has 0 fully saturated rings. The Morgan fingerprint density at radius 1 is 1.17 bits per heavy atom. The van der Waals surface area contributed by atoms with Crippen molar-refractivity contribution in [2.24, 2.45) is 0 Å². The predicted octanol–water partition coefficient (Wildman–Crippen LogP) is 3.33. The van der Waals surface area contributed by atoms with Crippen molar-refractivity contribution in [1.29, 1.82) is 0 Å². The van der Waals surface area contributed by atoms with E-state index >= 15 is 0 Å². The van der Waals surface area contributed by atoms with E-state index in [1.54, 1.807) is 7.11 Å². The lowest BCUT2D eigenvalue weighted by molar-refractivity contribution is 0.0940. The maximum absolute atomic E-state index is 12.4. The van der Waals surface area contributed by atoms with Crippen LogP contribution in [0.3, 0.4) is 0 Å². The fourth-order valence-corrected chi connectivity index (χ4v) is 3.07. The van der Waals surface area contributed by atoms with Gasteiger partial charge in [-0.15, -0.1) is 0 Å². The van der Waals surface area contributed by atoms with Crippen molar-refractivity contribution in [2.75, 3.05) is 27.7 Å². The molecule has 0 aliphatic carbocycles. The van der Waals surface area contributed by atoms with Gasteiger partial charge in [-0.05, 0) is 54.9 Å². The molecule has 4 nitrogen and oxygen atoms in total. The monoisotopic (exact) mass is 424 g/mol. The average Bonchev–Trinajstić information content (AvgIpc) is 2.55. The Kier molecular flexibility index (Phi) is 6.41. The maximum Gasteiger partial charge on any atom is 0.252 e. The molecular weight excluding hydrogens is 403 g/mol. The van der Waals surface area contributed by atoms with Crippen LogP contribution in [0.1, 0.15) is 22.0 Å². The van der Waals surface area contributed by atoms with Gasteiger partial charge in [-0.2, -0.15) is 0 Å². The fraction of sp³-hybridized carbons (Fsp3) is 0.278. The first kappa shape index (κ1) is 17.7. The van der Waals surface area contributed by atoms with Crippen LogP contribution in [-0.4, -0.2) is 38.6 Å². The summed E-state index contributed by atoms with van der Waals surface area (Å²) < 4.78 is 6.39. The predicted molar refractivity (Wildman–Crippen MR) is 101 cm³/mol. The van der Waals surface area contributed by atoms with Gasteiger partial charge >= 0.3 is 0 Å². The largest absolute Gasteiger partial charge is 0.496 e. The van der Waals surface area contributed by atoms with Gasteiger partial charge in [-0.1, -0.05) is 30.3 Å². The van der Waals surface area contributed by atoms with Crippen LogP contribution in [0.15, 0.2) is 48.5 Å². The molecule has 2 aromatic carbocycles. The van der Waals surface area contributed by atoms with Crippen molar-refractivity contribution in [2.45, 2.75) is 6.04 Å². The minimum atomic E-state index is -0.0586. The zero-order valence-corrected chi connectivity index (χ0v) is 15.7. The minimum Gasteiger partial charge on any atom is -0.496 e. The van der Waals surface area contributed by atoms with E-state index < -0.39 is 0 Å². The molecule has 1 unspecified atom stereocenters. The zero-order chi connectivity index (χ0) is 16.8. The van der Waals surface area contributed by atoms with Gasteiger partial charge in [-0.25, -0.2) is 0 Å². The number of nitrogens with one attached hydrogen (secondary N) is 1. The van der Waals surface area contributed by atoms with Crippen molar-refractivity contribution >= 4 is 28.5 Å². The van der Waals surface area contributed by atoms with Crippen LogP contribution < -0.4 is 10.1 Å². The molecule has 0 heterocycles. The number of hydrogen-bond acceptors (Lipinski definition) is 3. The molecule has 0 saturated heterocycles. The van der Waals surface area contributed by atoms with Crippen LogP contribution in [0.25, 0.3) is 0 Å². The molecule has 0 aromatic heterocycles. The summed E-state index contributed by atoms with van der Waals surface area (Å²) in [5.41, 5.74) is 1.76. The number of rotatable bonds is 6. The Balaban J connectivity index is 2.15.